The molecule has 0 unspecified atom stereocenters. The topological polar surface area (TPSA) is 60.3 Å². The van der Waals surface area contributed by atoms with Crippen molar-refractivity contribution in [3.63, 3.8) is 0 Å². The van der Waals surface area contributed by atoms with E-state index >= 15 is 0 Å². The predicted octanol–water partition coefficient (Wildman–Crippen LogP) is 4.01. The molecule has 2 aromatic carbocycles. The van der Waals surface area contributed by atoms with E-state index in [1.807, 2.05) is 36.4 Å². The molecule has 5 nitrogen and oxygen atoms in total. The van der Waals surface area contributed by atoms with Crippen LogP contribution >= 0.6 is 11.3 Å². The molecular weight excluding hydrogens is 348 g/mol. The largest absolute Gasteiger partial charge is 0.495 e. The van der Waals surface area contributed by atoms with Gasteiger partial charge in [0.25, 0.3) is 11.5 Å². The molecule has 4 rings (SSSR count). The van der Waals surface area contributed by atoms with E-state index in [0.29, 0.717) is 21.7 Å². The second kappa shape index (κ2) is 6.31. The number of amides is 1. The summed E-state index contributed by atoms with van der Waals surface area (Å²) in [6.45, 7) is 0. The fourth-order valence-electron chi connectivity index (χ4n) is 3.04. The van der Waals surface area contributed by atoms with Gasteiger partial charge in [-0.3, -0.25) is 9.59 Å². The Morgan fingerprint density at radius 2 is 1.81 bits per heavy atom. The van der Waals surface area contributed by atoms with Crippen molar-refractivity contribution in [1.82, 2.24) is 4.57 Å². The number of para-hydroxylation sites is 3. The van der Waals surface area contributed by atoms with Crippen molar-refractivity contribution in [3.8, 4) is 5.75 Å². The van der Waals surface area contributed by atoms with Gasteiger partial charge in [0.15, 0.2) is 0 Å². The van der Waals surface area contributed by atoms with Gasteiger partial charge in [-0.2, -0.15) is 0 Å². The van der Waals surface area contributed by atoms with Gasteiger partial charge in [0.2, 0.25) is 0 Å². The van der Waals surface area contributed by atoms with Crippen molar-refractivity contribution < 1.29 is 9.53 Å². The van der Waals surface area contributed by atoms with Gasteiger partial charge in [-0.1, -0.05) is 30.3 Å². The van der Waals surface area contributed by atoms with Gasteiger partial charge in [-0.05, 0) is 24.3 Å². The Morgan fingerprint density at radius 3 is 2.62 bits per heavy atom. The zero-order valence-electron chi connectivity index (χ0n) is 14.3. The number of benzene rings is 2. The molecule has 0 aliphatic heterocycles. The summed E-state index contributed by atoms with van der Waals surface area (Å²) in [6.07, 6.45) is 0. The number of anilines is 1. The van der Waals surface area contributed by atoms with Crippen molar-refractivity contribution >= 4 is 43.9 Å². The van der Waals surface area contributed by atoms with E-state index in [1.54, 1.807) is 36.9 Å². The molecule has 2 aromatic heterocycles. The molecule has 0 fully saturated rings. The fourth-order valence-corrected chi connectivity index (χ4v) is 4.12. The first-order chi connectivity index (χ1) is 12.6. The molecule has 0 radical (unpaired) electrons. The minimum Gasteiger partial charge on any atom is -0.495 e. The number of methoxy groups -OCH3 is 1. The van der Waals surface area contributed by atoms with Crippen LogP contribution in [0.1, 0.15) is 9.67 Å². The first-order valence-electron chi connectivity index (χ1n) is 8.06. The summed E-state index contributed by atoms with van der Waals surface area (Å²) in [5.41, 5.74) is 1.34. The monoisotopic (exact) mass is 364 g/mol. The average Bonchev–Trinajstić information content (AvgIpc) is 3.12. The third kappa shape index (κ3) is 2.55. The molecule has 0 spiro atoms. The van der Waals surface area contributed by atoms with E-state index in [9.17, 15) is 9.59 Å². The third-order valence-corrected chi connectivity index (χ3v) is 5.52. The van der Waals surface area contributed by atoms with Gasteiger partial charge in [0.05, 0.1) is 28.6 Å². The summed E-state index contributed by atoms with van der Waals surface area (Å²) in [5.74, 6) is 0.324. The molecule has 1 amide bonds. The summed E-state index contributed by atoms with van der Waals surface area (Å²) < 4.78 is 7.71. The molecular formula is C20H16N2O3S. The molecule has 0 saturated carbocycles. The van der Waals surface area contributed by atoms with Gasteiger partial charge < -0.3 is 14.6 Å². The summed E-state index contributed by atoms with van der Waals surface area (Å²) in [7, 11) is 3.30. The number of carbonyl (C=O) groups excluding carboxylic acids is 1. The highest BCUT2D eigenvalue weighted by molar-refractivity contribution is 7.21. The van der Waals surface area contributed by atoms with Crippen molar-refractivity contribution in [2.24, 2.45) is 7.05 Å². The molecule has 0 aliphatic carbocycles. The van der Waals surface area contributed by atoms with Crippen LogP contribution in [0.15, 0.2) is 59.4 Å². The summed E-state index contributed by atoms with van der Waals surface area (Å²) in [5, 5.41) is 4.38. The number of fused-ring (bicyclic) bond motifs is 3. The van der Waals surface area contributed by atoms with E-state index in [-0.39, 0.29) is 11.5 Å². The molecule has 2 heterocycles. The highest BCUT2D eigenvalue weighted by Gasteiger charge is 2.17. The van der Waals surface area contributed by atoms with E-state index < -0.39 is 0 Å². The zero-order chi connectivity index (χ0) is 18.3. The van der Waals surface area contributed by atoms with Crippen LogP contribution in [0.3, 0.4) is 0 Å². The van der Waals surface area contributed by atoms with Crippen LogP contribution in [0, 0.1) is 0 Å². The third-order valence-electron chi connectivity index (χ3n) is 4.36. The Balaban J connectivity index is 1.83. The van der Waals surface area contributed by atoms with Crippen molar-refractivity contribution in [1.29, 1.82) is 0 Å². The van der Waals surface area contributed by atoms with Gasteiger partial charge >= 0.3 is 0 Å². The SMILES string of the molecule is COc1ccccc1NC(=O)c1cc2c(=O)n(C)c3ccccc3c2s1. The van der Waals surface area contributed by atoms with E-state index in [1.165, 1.54) is 11.3 Å². The van der Waals surface area contributed by atoms with Gasteiger partial charge in [-0.25, -0.2) is 0 Å². The lowest BCUT2D eigenvalue weighted by Gasteiger charge is -2.08. The molecule has 1 N–H and O–H groups in total. The number of pyridine rings is 1. The lowest BCUT2D eigenvalue weighted by Crippen LogP contribution is -2.16. The van der Waals surface area contributed by atoms with E-state index in [2.05, 4.69) is 5.32 Å². The van der Waals surface area contributed by atoms with Gasteiger partial charge in [-0.15, -0.1) is 11.3 Å². The molecule has 0 aliphatic rings. The molecule has 0 bridgehead atoms. The quantitative estimate of drug-likeness (QED) is 0.597. The van der Waals surface area contributed by atoms with Crippen LogP contribution in [-0.4, -0.2) is 17.6 Å². The molecule has 0 atom stereocenters. The van der Waals surface area contributed by atoms with Crippen molar-refractivity contribution in [2.45, 2.75) is 0 Å². The Kier molecular flexibility index (Phi) is 3.97. The molecule has 0 saturated heterocycles. The Morgan fingerprint density at radius 1 is 1.08 bits per heavy atom. The fraction of sp³-hybridized carbons (Fsp3) is 0.100. The number of hydrogen-bond acceptors (Lipinski definition) is 4. The number of hydrogen-bond donors (Lipinski definition) is 1. The maximum Gasteiger partial charge on any atom is 0.265 e. The normalized spacial score (nSPS) is 11.0. The molecule has 26 heavy (non-hydrogen) atoms. The van der Waals surface area contributed by atoms with Crippen LogP contribution < -0.4 is 15.6 Å². The summed E-state index contributed by atoms with van der Waals surface area (Å²) in [4.78, 5) is 25.9. The second-order valence-corrected chi connectivity index (χ2v) is 6.94. The molecule has 6 heteroatoms. The van der Waals surface area contributed by atoms with E-state index in [0.717, 1.165) is 15.6 Å². The van der Waals surface area contributed by atoms with Crippen LogP contribution in [0.25, 0.3) is 21.0 Å². The Labute approximate surface area is 153 Å². The predicted molar refractivity (Wildman–Crippen MR) is 106 cm³/mol. The number of aromatic nitrogens is 1. The van der Waals surface area contributed by atoms with Crippen LogP contribution in [0.5, 0.6) is 5.75 Å². The average molecular weight is 364 g/mol. The van der Waals surface area contributed by atoms with Gasteiger partial charge in [0.1, 0.15) is 5.75 Å². The van der Waals surface area contributed by atoms with Crippen LogP contribution in [-0.2, 0) is 7.05 Å². The highest BCUT2D eigenvalue weighted by atomic mass is 32.1. The maximum atomic E-state index is 12.7. The summed E-state index contributed by atoms with van der Waals surface area (Å²) >= 11 is 1.32. The lowest BCUT2D eigenvalue weighted by molar-refractivity contribution is 0.103. The van der Waals surface area contributed by atoms with Crippen LogP contribution in [0.2, 0.25) is 0 Å². The molecule has 130 valence electrons. The minimum absolute atomic E-state index is 0.105. The highest BCUT2D eigenvalue weighted by Crippen LogP contribution is 2.31. The summed E-state index contributed by atoms with van der Waals surface area (Å²) in [6, 6.07) is 16.6. The number of carbonyl (C=O) groups is 1. The number of ether oxygens (including phenoxy) is 1. The maximum absolute atomic E-state index is 12.7. The number of nitrogens with zero attached hydrogens (tertiary/aromatic N) is 1. The number of thiophene rings is 1. The standard InChI is InChI=1S/C20H16N2O3S/c1-22-15-9-5-3-7-12(15)18-13(20(22)24)11-17(26-18)19(23)21-14-8-4-6-10-16(14)25-2/h3-11H,1-2H3,(H,21,23). The van der Waals surface area contributed by atoms with Crippen molar-refractivity contribution in [3.05, 3.63) is 69.8 Å². The minimum atomic E-state index is -0.262. The number of nitrogens with one attached hydrogen (secondary N) is 1. The number of rotatable bonds is 3. The lowest BCUT2D eigenvalue weighted by atomic mass is 10.1. The molecule has 4 aromatic rings. The Hall–Kier alpha value is -3.12. The smallest absolute Gasteiger partial charge is 0.265 e. The van der Waals surface area contributed by atoms with Crippen molar-refractivity contribution in [2.75, 3.05) is 12.4 Å². The van der Waals surface area contributed by atoms with E-state index in [4.69, 9.17) is 4.74 Å². The first kappa shape index (κ1) is 16.4. The Bertz CT molecular complexity index is 1210. The number of aryl methyl sites for hydroxylation is 1. The second-order valence-electron chi connectivity index (χ2n) is 5.89. The van der Waals surface area contributed by atoms with Crippen LogP contribution in [0.4, 0.5) is 5.69 Å². The van der Waals surface area contributed by atoms with Gasteiger partial charge in [0, 0.05) is 17.1 Å². The zero-order valence-corrected chi connectivity index (χ0v) is 15.1. The first-order valence-corrected chi connectivity index (χ1v) is 8.87.